The molecule has 2 aliphatic rings. The number of carbonyl (C=O) groups excluding carboxylic acids is 1. The molecule has 0 atom stereocenters. The van der Waals surface area contributed by atoms with E-state index in [2.05, 4.69) is 59.0 Å². The maximum atomic E-state index is 13.7. The Bertz CT molecular complexity index is 1140. The molecule has 5 rings (SSSR count). The molecule has 166 valence electrons. The van der Waals surface area contributed by atoms with Crippen LogP contribution in [-0.4, -0.2) is 40.5 Å². The van der Waals surface area contributed by atoms with Gasteiger partial charge in [0.2, 0.25) is 5.91 Å². The van der Waals surface area contributed by atoms with E-state index in [9.17, 15) is 4.79 Å². The lowest BCUT2D eigenvalue weighted by Gasteiger charge is -2.35. The lowest BCUT2D eigenvalue weighted by Crippen LogP contribution is -2.43. The molecule has 0 radical (unpaired) electrons. The van der Waals surface area contributed by atoms with E-state index in [0.29, 0.717) is 6.54 Å². The number of aromatic nitrogens is 3. The van der Waals surface area contributed by atoms with Crippen LogP contribution in [0, 0.1) is 19.8 Å². The second-order valence-electron chi connectivity index (χ2n) is 9.02. The van der Waals surface area contributed by atoms with E-state index in [4.69, 9.17) is 4.98 Å². The number of amides is 1. The fraction of sp³-hybridized carbons (Fsp3) is 0.423. The number of aryl methyl sites for hydroxylation is 3. The molecule has 32 heavy (non-hydrogen) atoms. The maximum Gasteiger partial charge on any atom is 0.230 e. The summed E-state index contributed by atoms with van der Waals surface area (Å²) in [4.78, 5) is 31.0. The molecule has 6 heteroatoms. The monoisotopic (exact) mass is 429 g/mol. The number of carbonyl (C=O) groups is 1. The molecule has 3 aromatic rings. The molecule has 0 spiro atoms. The third kappa shape index (κ3) is 3.78. The van der Waals surface area contributed by atoms with E-state index < -0.39 is 0 Å². The summed E-state index contributed by atoms with van der Waals surface area (Å²) in [6.07, 6.45) is 3.39. The van der Waals surface area contributed by atoms with Gasteiger partial charge in [0.15, 0.2) is 0 Å². The zero-order chi connectivity index (χ0) is 22.2. The van der Waals surface area contributed by atoms with E-state index in [0.717, 1.165) is 78.7 Å². The van der Waals surface area contributed by atoms with E-state index >= 15 is 0 Å². The first kappa shape index (κ1) is 20.7. The smallest absolute Gasteiger partial charge is 0.230 e. The van der Waals surface area contributed by atoms with Gasteiger partial charge in [0.25, 0.3) is 0 Å². The van der Waals surface area contributed by atoms with E-state index in [-0.39, 0.29) is 11.8 Å². The highest BCUT2D eigenvalue weighted by Crippen LogP contribution is 2.37. The van der Waals surface area contributed by atoms with Gasteiger partial charge < -0.3 is 14.8 Å². The summed E-state index contributed by atoms with van der Waals surface area (Å²) < 4.78 is 0. The van der Waals surface area contributed by atoms with Gasteiger partial charge in [-0.1, -0.05) is 24.6 Å². The van der Waals surface area contributed by atoms with Crippen molar-refractivity contribution in [3.63, 3.8) is 0 Å². The van der Waals surface area contributed by atoms with Crippen molar-refractivity contribution in [2.45, 2.75) is 46.5 Å². The van der Waals surface area contributed by atoms with Crippen LogP contribution in [0.2, 0.25) is 0 Å². The highest BCUT2D eigenvalue weighted by molar-refractivity contribution is 5.99. The number of pyridine rings is 1. The number of nitrogens with one attached hydrogen (secondary N) is 1. The van der Waals surface area contributed by atoms with E-state index in [1.54, 1.807) is 0 Å². The zero-order valence-electron chi connectivity index (χ0n) is 19.2. The standard InChI is InChI=1S/C26H31N5O/c1-4-23-28-21-12-15-31(22-9-8-17(2)16-20(22)25(21)29-23)26(32)19-10-13-30(14-11-19)24-7-5-6-18(3)27-24/h5-9,16,19H,4,10-15H2,1-3H3,(H,28,29). The SMILES string of the molecule is CCc1nc2c([nH]1)CCN(C(=O)C1CCN(c3cccc(C)n3)CC1)c1ccc(C)cc1-2. The Morgan fingerprint density at radius 1 is 1.09 bits per heavy atom. The van der Waals surface area contributed by atoms with Crippen LogP contribution in [0.3, 0.4) is 0 Å². The molecular formula is C26H31N5O. The van der Waals surface area contributed by atoms with Crippen molar-refractivity contribution in [3.8, 4) is 11.3 Å². The molecule has 4 heterocycles. The van der Waals surface area contributed by atoms with Crippen molar-refractivity contribution in [2.75, 3.05) is 29.4 Å². The molecule has 0 unspecified atom stereocenters. The highest BCUT2D eigenvalue weighted by atomic mass is 16.2. The Labute approximate surface area is 189 Å². The summed E-state index contributed by atoms with van der Waals surface area (Å²) in [5, 5.41) is 0. The third-order valence-corrected chi connectivity index (χ3v) is 6.75. The summed E-state index contributed by atoms with van der Waals surface area (Å²) in [6, 6.07) is 12.5. The minimum absolute atomic E-state index is 0.0424. The molecule has 0 bridgehead atoms. The fourth-order valence-corrected chi connectivity index (χ4v) is 4.96. The Morgan fingerprint density at radius 2 is 1.91 bits per heavy atom. The molecular weight excluding hydrogens is 398 g/mol. The summed E-state index contributed by atoms with van der Waals surface area (Å²) >= 11 is 0. The summed E-state index contributed by atoms with van der Waals surface area (Å²) in [6.45, 7) is 8.64. The quantitative estimate of drug-likeness (QED) is 0.668. The molecule has 2 aromatic heterocycles. The van der Waals surface area contributed by atoms with Crippen LogP contribution < -0.4 is 9.80 Å². The Kier molecular flexibility index (Phi) is 5.45. The number of imidazole rings is 1. The number of H-pyrrole nitrogens is 1. The van der Waals surface area contributed by atoms with Crippen molar-refractivity contribution in [3.05, 3.63) is 59.2 Å². The number of anilines is 2. The van der Waals surface area contributed by atoms with Crippen LogP contribution >= 0.6 is 0 Å². The van der Waals surface area contributed by atoms with Crippen molar-refractivity contribution < 1.29 is 4.79 Å². The van der Waals surface area contributed by atoms with Crippen molar-refractivity contribution in [2.24, 2.45) is 5.92 Å². The topological polar surface area (TPSA) is 65.1 Å². The van der Waals surface area contributed by atoms with Gasteiger partial charge in [0.1, 0.15) is 11.6 Å². The normalized spacial score (nSPS) is 16.5. The summed E-state index contributed by atoms with van der Waals surface area (Å²) in [7, 11) is 0. The molecule has 1 N–H and O–H groups in total. The van der Waals surface area contributed by atoms with Crippen LogP contribution in [0.4, 0.5) is 11.5 Å². The first-order valence-electron chi connectivity index (χ1n) is 11.7. The van der Waals surface area contributed by atoms with Gasteiger partial charge in [-0.2, -0.15) is 0 Å². The van der Waals surface area contributed by atoms with Crippen molar-refractivity contribution in [1.29, 1.82) is 0 Å². The van der Waals surface area contributed by atoms with E-state index in [1.165, 1.54) is 5.56 Å². The first-order valence-corrected chi connectivity index (χ1v) is 11.7. The number of nitrogens with zero attached hydrogens (tertiary/aromatic N) is 4. The zero-order valence-corrected chi connectivity index (χ0v) is 19.2. The fourth-order valence-electron chi connectivity index (χ4n) is 4.96. The van der Waals surface area contributed by atoms with Gasteiger partial charge >= 0.3 is 0 Å². The second-order valence-corrected chi connectivity index (χ2v) is 9.02. The minimum Gasteiger partial charge on any atom is -0.357 e. The van der Waals surface area contributed by atoms with Crippen LogP contribution in [0.25, 0.3) is 11.3 Å². The number of rotatable bonds is 3. The maximum absolute atomic E-state index is 13.7. The molecule has 1 fully saturated rings. The van der Waals surface area contributed by atoms with Crippen LogP contribution in [0.15, 0.2) is 36.4 Å². The number of piperidine rings is 1. The largest absolute Gasteiger partial charge is 0.357 e. The summed E-state index contributed by atoms with van der Waals surface area (Å²) in [5.41, 5.74) is 6.43. The van der Waals surface area contributed by atoms with Gasteiger partial charge in [-0.15, -0.1) is 0 Å². The Hall–Kier alpha value is -3.15. The second kappa shape index (κ2) is 8.41. The average molecular weight is 430 g/mol. The average Bonchev–Trinajstić information content (AvgIpc) is 3.17. The number of benzene rings is 1. The van der Waals surface area contributed by atoms with Gasteiger partial charge in [-0.25, -0.2) is 9.97 Å². The third-order valence-electron chi connectivity index (χ3n) is 6.75. The Balaban J connectivity index is 1.38. The lowest BCUT2D eigenvalue weighted by atomic mass is 9.94. The molecule has 1 amide bonds. The van der Waals surface area contributed by atoms with Gasteiger partial charge in [0, 0.05) is 55.3 Å². The van der Waals surface area contributed by atoms with Gasteiger partial charge in [-0.3, -0.25) is 4.79 Å². The van der Waals surface area contributed by atoms with Gasteiger partial charge in [-0.05, 0) is 51.0 Å². The number of fused-ring (bicyclic) bond motifs is 3. The number of hydrogen-bond acceptors (Lipinski definition) is 4. The minimum atomic E-state index is 0.0424. The van der Waals surface area contributed by atoms with Crippen LogP contribution in [-0.2, 0) is 17.6 Å². The molecule has 0 saturated carbocycles. The van der Waals surface area contributed by atoms with Crippen molar-refractivity contribution in [1.82, 2.24) is 15.0 Å². The first-order chi connectivity index (χ1) is 15.5. The molecule has 0 aliphatic carbocycles. The molecule has 1 aromatic carbocycles. The molecule has 6 nitrogen and oxygen atoms in total. The Morgan fingerprint density at radius 3 is 2.66 bits per heavy atom. The van der Waals surface area contributed by atoms with Crippen LogP contribution in [0.5, 0.6) is 0 Å². The number of aromatic amines is 1. The highest BCUT2D eigenvalue weighted by Gasteiger charge is 2.33. The van der Waals surface area contributed by atoms with Crippen LogP contribution in [0.1, 0.15) is 42.5 Å². The lowest BCUT2D eigenvalue weighted by molar-refractivity contribution is -0.123. The van der Waals surface area contributed by atoms with E-state index in [1.807, 2.05) is 17.9 Å². The van der Waals surface area contributed by atoms with Crippen molar-refractivity contribution >= 4 is 17.4 Å². The predicted molar refractivity (Wildman–Crippen MR) is 128 cm³/mol. The molecule has 1 saturated heterocycles. The number of hydrogen-bond donors (Lipinski definition) is 1. The summed E-state index contributed by atoms with van der Waals surface area (Å²) in [5.74, 6) is 2.32. The predicted octanol–water partition coefficient (Wildman–Crippen LogP) is 4.46. The van der Waals surface area contributed by atoms with Gasteiger partial charge in [0.05, 0.1) is 11.4 Å². The molecule has 2 aliphatic heterocycles.